The summed E-state index contributed by atoms with van der Waals surface area (Å²) in [7, 11) is 3.32. The van der Waals surface area contributed by atoms with Crippen LogP contribution < -0.4 is 20.1 Å². The van der Waals surface area contributed by atoms with Crippen molar-refractivity contribution in [2.45, 2.75) is 32.7 Å². The van der Waals surface area contributed by atoms with E-state index in [-0.39, 0.29) is 0 Å². The third-order valence-electron chi connectivity index (χ3n) is 5.11. The molecule has 1 heterocycles. The lowest BCUT2D eigenvalue weighted by Crippen LogP contribution is -2.26. The van der Waals surface area contributed by atoms with E-state index in [0.717, 1.165) is 63.9 Å². The Morgan fingerprint density at radius 2 is 1.90 bits per heavy atom. The fourth-order valence-corrected chi connectivity index (χ4v) is 4.09. The summed E-state index contributed by atoms with van der Waals surface area (Å²) >= 11 is 9.95. The molecule has 3 aromatic rings. The summed E-state index contributed by atoms with van der Waals surface area (Å²) in [5.74, 6) is 1.54. The van der Waals surface area contributed by atoms with Gasteiger partial charge in [0.05, 0.1) is 31.1 Å². The Morgan fingerprint density at radius 1 is 1.10 bits per heavy atom. The molecule has 2 N–H and O–H groups in total. The van der Waals surface area contributed by atoms with Gasteiger partial charge in [-0.2, -0.15) is 0 Å². The highest BCUT2D eigenvalue weighted by Crippen LogP contribution is 2.39. The molecule has 5 nitrogen and oxygen atoms in total. The first-order chi connectivity index (χ1) is 14.5. The van der Waals surface area contributed by atoms with E-state index in [1.54, 1.807) is 14.2 Å². The molecule has 0 atom stereocenters. The first kappa shape index (κ1) is 22.5. The predicted molar refractivity (Wildman–Crippen MR) is 129 cm³/mol. The largest absolute Gasteiger partial charge is 0.497 e. The van der Waals surface area contributed by atoms with Gasteiger partial charge in [-0.1, -0.05) is 47.3 Å². The van der Waals surface area contributed by atoms with Crippen molar-refractivity contribution < 1.29 is 9.47 Å². The van der Waals surface area contributed by atoms with E-state index in [0.29, 0.717) is 17.4 Å². The van der Waals surface area contributed by atoms with E-state index in [1.807, 2.05) is 36.4 Å². The van der Waals surface area contributed by atoms with Crippen molar-refractivity contribution in [3.63, 3.8) is 0 Å². The minimum Gasteiger partial charge on any atom is -0.497 e. The summed E-state index contributed by atoms with van der Waals surface area (Å²) in [4.78, 5) is 6.76. The number of halogens is 2. The zero-order chi connectivity index (χ0) is 21.7. The summed E-state index contributed by atoms with van der Waals surface area (Å²) < 4.78 is 11.9. The number of unbranched alkanes of at least 4 members (excludes halogenated alkanes) is 2. The number of hydrogen-bond acceptors (Lipinski definition) is 5. The second-order valence-electron chi connectivity index (χ2n) is 7.13. The Labute approximate surface area is 191 Å². The molecule has 1 aromatic heterocycles. The van der Waals surface area contributed by atoms with Gasteiger partial charge in [-0.3, -0.25) is 0 Å². The highest BCUT2D eigenvalue weighted by atomic mass is 79.9. The summed E-state index contributed by atoms with van der Waals surface area (Å²) in [6, 6.07) is 11.9. The summed E-state index contributed by atoms with van der Waals surface area (Å²) in [6.07, 6.45) is 3.32. The van der Waals surface area contributed by atoms with Crippen LogP contribution in [0.1, 0.15) is 31.7 Å². The topological polar surface area (TPSA) is 60.6 Å². The zero-order valence-corrected chi connectivity index (χ0v) is 19.9. The number of benzene rings is 2. The lowest BCUT2D eigenvalue weighted by Gasteiger charge is -2.29. The van der Waals surface area contributed by atoms with Gasteiger partial charge in [-0.15, -0.1) is 0 Å². The average Bonchev–Trinajstić information content (AvgIpc) is 2.74. The summed E-state index contributed by atoms with van der Waals surface area (Å²) in [5.41, 5.74) is 9.72. The molecule has 160 valence electrons. The van der Waals surface area contributed by atoms with Crippen molar-refractivity contribution >= 4 is 49.8 Å². The smallest absolute Gasteiger partial charge is 0.154 e. The molecule has 0 unspecified atom stereocenters. The maximum Gasteiger partial charge on any atom is 0.154 e. The number of pyridine rings is 1. The van der Waals surface area contributed by atoms with Gasteiger partial charge in [0.15, 0.2) is 5.15 Å². The molecule has 2 aromatic carbocycles. The van der Waals surface area contributed by atoms with Crippen LogP contribution >= 0.6 is 27.5 Å². The Hall–Kier alpha value is -2.18. The number of nitrogen functional groups attached to an aromatic ring is 1. The number of ether oxygens (including phenoxy) is 2. The number of methoxy groups -OCH3 is 2. The maximum absolute atomic E-state index is 6.46. The van der Waals surface area contributed by atoms with Gasteiger partial charge in [0.2, 0.25) is 0 Å². The Bertz CT molecular complexity index is 1030. The van der Waals surface area contributed by atoms with Crippen molar-refractivity contribution in [2.75, 3.05) is 31.4 Å². The zero-order valence-electron chi connectivity index (χ0n) is 17.5. The van der Waals surface area contributed by atoms with E-state index >= 15 is 0 Å². The van der Waals surface area contributed by atoms with Crippen LogP contribution in [0, 0.1) is 0 Å². The molecule has 0 aliphatic rings. The Morgan fingerprint density at radius 3 is 2.60 bits per heavy atom. The molecule has 0 aliphatic heterocycles. The van der Waals surface area contributed by atoms with Gasteiger partial charge >= 0.3 is 0 Å². The van der Waals surface area contributed by atoms with Crippen molar-refractivity contribution in [1.82, 2.24) is 4.98 Å². The normalized spacial score (nSPS) is 11.0. The average molecular weight is 493 g/mol. The van der Waals surface area contributed by atoms with Gasteiger partial charge in [0, 0.05) is 34.6 Å². The fraction of sp³-hybridized carbons (Fsp3) is 0.348. The molecule has 0 saturated heterocycles. The highest BCUT2D eigenvalue weighted by Gasteiger charge is 2.20. The lowest BCUT2D eigenvalue weighted by molar-refractivity contribution is 0.390. The first-order valence-electron chi connectivity index (χ1n) is 9.98. The quantitative estimate of drug-likeness (QED) is 0.275. The van der Waals surface area contributed by atoms with Crippen LogP contribution in [0.5, 0.6) is 11.5 Å². The number of rotatable bonds is 9. The molecule has 0 aliphatic carbocycles. The van der Waals surface area contributed by atoms with Crippen LogP contribution in [0.15, 0.2) is 40.9 Å². The third kappa shape index (κ3) is 4.93. The number of aromatic nitrogens is 1. The molecule has 0 radical (unpaired) electrons. The van der Waals surface area contributed by atoms with Crippen LogP contribution in [-0.2, 0) is 6.54 Å². The van der Waals surface area contributed by atoms with Crippen LogP contribution in [-0.4, -0.2) is 25.7 Å². The number of hydrogen-bond donors (Lipinski definition) is 1. The third-order valence-corrected chi connectivity index (χ3v) is 5.90. The highest BCUT2D eigenvalue weighted by molar-refractivity contribution is 9.10. The number of fused-ring (bicyclic) bond motifs is 1. The lowest BCUT2D eigenvalue weighted by atomic mass is 10.1. The molecule has 0 saturated carbocycles. The fourth-order valence-electron chi connectivity index (χ4n) is 3.56. The molecule has 0 fully saturated rings. The van der Waals surface area contributed by atoms with E-state index in [9.17, 15) is 0 Å². The maximum atomic E-state index is 6.46. The second kappa shape index (κ2) is 10.2. The molecular weight excluding hydrogens is 466 g/mol. The number of nitrogens with zero attached hydrogens (tertiary/aromatic N) is 2. The van der Waals surface area contributed by atoms with Crippen molar-refractivity contribution in [1.29, 1.82) is 0 Å². The van der Waals surface area contributed by atoms with Gasteiger partial charge in [0.1, 0.15) is 11.5 Å². The van der Waals surface area contributed by atoms with E-state index in [4.69, 9.17) is 26.8 Å². The molecule has 7 heteroatoms. The van der Waals surface area contributed by atoms with Crippen LogP contribution in [0.2, 0.25) is 5.15 Å². The summed E-state index contributed by atoms with van der Waals surface area (Å²) in [5, 5.41) is 1.29. The van der Waals surface area contributed by atoms with Gasteiger partial charge in [-0.25, -0.2) is 4.98 Å². The standard InChI is InChI=1S/C23H27BrClN3O2/c1-4-5-6-11-28(14-15-7-9-17(29-2)13-20(15)30-3)22-18-10-8-16(24)12-19(18)27-23(25)21(22)26/h7-10,12-13H,4-6,11,14,26H2,1-3H3. The SMILES string of the molecule is CCCCCN(Cc1ccc(OC)cc1OC)c1c(N)c(Cl)nc2cc(Br)ccc12. The minimum absolute atomic E-state index is 0.317. The Balaban J connectivity index is 2.10. The van der Waals surface area contributed by atoms with Gasteiger partial charge in [-0.05, 0) is 36.8 Å². The van der Waals surface area contributed by atoms with Gasteiger partial charge in [0.25, 0.3) is 0 Å². The van der Waals surface area contributed by atoms with Crippen molar-refractivity contribution in [2.24, 2.45) is 0 Å². The molecular formula is C23H27BrClN3O2. The van der Waals surface area contributed by atoms with E-state index < -0.39 is 0 Å². The minimum atomic E-state index is 0.317. The van der Waals surface area contributed by atoms with Crippen LogP contribution in [0.25, 0.3) is 10.9 Å². The summed E-state index contributed by atoms with van der Waals surface area (Å²) in [6.45, 7) is 3.67. The van der Waals surface area contributed by atoms with Crippen molar-refractivity contribution in [3.8, 4) is 11.5 Å². The van der Waals surface area contributed by atoms with Gasteiger partial charge < -0.3 is 20.1 Å². The molecule has 0 spiro atoms. The second-order valence-corrected chi connectivity index (χ2v) is 8.41. The van der Waals surface area contributed by atoms with E-state index in [2.05, 4.69) is 32.7 Å². The first-order valence-corrected chi connectivity index (χ1v) is 11.2. The van der Waals surface area contributed by atoms with Crippen molar-refractivity contribution in [3.05, 3.63) is 51.6 Å². The monoisotopic (exact) mass is 491 g/mol. The molecule has 0 amide bonds. The predicted octanol–water partition coefficient (Wildman–Crippen LogP) is 6.45. The van der Waals surface area contributed by atoms with E-state index in [1.165, 1.54) is 0 Å². The number of anilines is 2. The van der Waals surface area contributed by atoms with Crippen LogP contribution in [0.4, 0.5) is 11.4 Å². The Kier molecular flexibility index (Phi) is 7.67. The molecule has 30 heavy (non-hydrogen) atoms. The van der Waals surface area contributed by atoms with Crippen LogP contribution in [0.3, 0.4) is 0 Å². The molecule has 0 bridgehead atoms. The number of nitrogens with two attached hydrogens (primary N) is 1. The molecule has 3 rings (SSSR count).